The molecule has 0 saturated heterocycles. The molecule has 0 unspecified atom stereocenters. The standard InChI is InChI=1S/C23H27N3O2/c1-14-8-6-7-9-20(14)26-21-12-23(4,5)11-19(18(21)13-24-26)25-22(27)17-10-15(2)28-16(17)3/h6-10,13,19H,11-12H2,1-5H3,(H,25,27)/t19-/m1/s1. The quantitative estimate of drug-likeness (QED) is 0.711. The SMILES string of the molecule is Cc1cc(C(=O)N[C@@H]2CC(C)(C)Cc3c2cnn3-c2ccccc2C)c(C)o1. The molecule has 28 heavy (non-hydrogen) atoms. The van der Waals surface area contributed by atoms with Crippen molar-refractivity contribution in [2.45, 2.75) is 53.5 Å². The van der Waals surface area contributed by atoms with Crippen LogP contribution in [0, 0.1) is 26.2 Å². The zero-order valence-electron chi connectivity index (χ0n) is 17.2. The lowest BCUT2D eigenvalue weighted by Gasteiger charge is -2.36. The Balaban J connectivity index is 1.71. The molecule has 0 fully saturated rings. The van der Waals surface area contributed by atoms with E-state index in [9.17, 15) is 4.79 Å². The van der Waals surface area contributed by atoms with Crippen molar-refractivity contribution >= 4 is 5.91 Å². The summed E-state index contributed by atoms with van der Waals surface area (Å²) in [4.78, 5) is 12.9. The molecule has 1 aliphatic rings. The normalized spacial score (nSPS) is 18.0. The van der Waals surface area contributed by atoms with Crippen molar-refractivity contribution in [3.8, 4) is 5.69 Å². The molecule has 1 N–H and O–H groups in total. The van der Waals surface area contributed by atoms with Crippen LogP contribution in [-0.2, 0) is 6.42 Å². The van der Waals surface area contributed by atoms with Crippen LogP contribution >= 0.6 is 0 Å². The fraction of sp³-hybridized carbons (Fsp3) is 0.391. The lowest BCUT2D eigenvalue weighted by atomic mass is 9.74. The fourth-order valence-corrected chi connectivity index (χ4v) is 4.27. The van der Waals surface area contributed by atoms with E-state index in [1.165, 1.54) is 11.3 Å². The zero-order valence-corrected chi connectivity index (χ0v) is 17.2. The summed E-state index contributed by atoms with van der Waals surface area (Å²) in [5.41, 5.74) is 5.22. The van der Waals surface area contributed by atoms with Gasteiger partial charge >= 0.3 is 0 Å². The molecule has 1 aliphatic carbocycles. The maximum atomic E-state index is 12.9. The van der Waals surface area contributed by atoms with Gasteiger partial charge in [0.25, 0.3) is 5.91 Å². The number of rotatable bonds is 3. The first-order valence-corrected chi connectivity index (χ1v) is 9.76. The minimum atomic E-state index is -0.0911. The largest absolute Gasteiger partial charge is 0.466 e. The Morgan fingerprint density at radius 1 is 1.25 bits per heavy atom. The first kappa shape index (κ1) is 18.5. The van der Waals surface area contributed by atoms with Gasteiger partial charge in [-0.15, -0.1) is 0 Å². The third-order valence-corrected chi connectivity index (χ3v) is 5.61. The highest BCUT2D eigenvalue weighted by molar-refractivity contribution is 5.95. The minimum Gasteiger partial charge on any atom is -0.466 e. The third kappa shape index (κ3) is 3.26. The van der Waals surface area contributed by atoms with Crippen molar-refractivity contribution in [2.24, 2.45) is 5.41 Å². The van der Waals surface area contributed by atoms with Crippen LogP contribution in [0.4, 0.5) is 0 Å². The van der Waals surface area contributed by atoms with Crippen molar-refractivity contribution in [2.75, 3.05) is 0 Å². The van der Waals surface area contributed by atoms with Crippen LogP contribution in [0.3, 0.4) is 0 Å². The highest BCUT2D eigenvalue weighted by atomic mass is 16.3. The summed E-state index contributed by atoms with van der Waals surface area (Å²) < 4.78 is 7.57. The van der Waals surface area contributed by atoms with Gasteiger partial charge in [0.2, 0.25) is 0 Å². The molecule has 0 bridgehead atoms. The summed E-state index contributed by atoms with van der Waals surface area (Å²) in [5, 5.41) is 7.92. The summed E-state index contributed by atoms with van der Waals surface area (Å²) in [6.07, 6.45) is 3.71. The van der Waals surface area contributed by atoms with Gasteiger partial charge in [0.1, 0.15) is 11.5 Å². The molecule has 0 radical (unpaired) electrons. The van der Waals surface area contributed by atoms with Crippen LogP contribution < -0.4 is 5.32 Å². The van der Waals surface area contributed by atoms with Crippen LogP contribution in [0.5, 0.6) is 0 Å². The van der Waals surface area contributed by atoms with Gasteiger partial charge in [-0.1, -0.05) is 32.0 Å². The van der Waals surface area contributed by atoms with Crippen LogP contribution in [-0.4, -0.2) is 15.7 Å². The Bertz CT molecular complexity index is 1040. The Hall–Kier alpha value is -2.82. The van der Waals surface area contributed by atoms with Crippen molar-refractivity contribution in [3.05, 3.63) is 70.4 Å². The van der Waals surface area contributed by atoms with E-state index in [2.05, 4.69) is 38.2 Å². The number of carbonyl (C=O) groups excluding carboxylic acids is 1. The van der Waals surface area contributed by atoms with E-state index in [4.69, 9.17) is 9.52 Å². The van der Waals surface area contributed by atoms with Gasteiger partial charge in [-0.05, 0) is 56.7 Å². The summed E-state index contributed by atoms with van der Waals surface area (Å²) in [6, 6.07) is 10.00. The van der Waals surface area contributed by atoms with Crippen molar-refractivity contribution in [1.29, 1.82) is 0 Å². The first-order chi connectivity index (χ1) is 13.2. The van der Waals surface area contributed by atoms with Crippen molar-refractivity contribution < 1.29 is 9.21 Å². The van der Waals surface area contributed by atoms with Crippen molar-refractivity contribution in [1.82, 2.24) is 15.1 Å². The number of nitrogens with zero attached hydrogens (tertiary/aromatic N) is 2. The van der Waals surface area contributed by atoms with Gasteiger partial charge in [-0.25, -0.2) is 4.68 Å². The molecule has 4 rings (SSSR count). The number of benzene rings is 1. The highest BCUT2D eigenvalue weighted by Crippen LogP contribution is 2.41. The second-order valence-corrected chi connectivity index (χ2v) is 8.64. The van der Waals surface area contributed by atoms with E-state index >= 15 is 0 Å². The van der Waals surface area contributed by atoms with E-state index in [0.717, 1.165) is 29.9 Å². The Labute approximate surface area is 165 Å². The molecule has 1 aromatic carbocycles. The number of aryl methyl sites for hydroxylation is 3. The van der Waals surface area contributed by atoms with Gasteiger partial charge in [-0.2, -0.15) is 5.10 Å². The number of hydrogen-bond donors (Lipinski definition) is 1. The molecule has 3 aromatic rings. The fourth-order valence-electron chi connectivity index (χ4n) is 4.27. The van der Waals surface area contributed by atoms with E-state index < -0.39 is 0 Å². The number of carbonyl (C=O) groups is 1. The Kier molecular flexibility index (Phi) is 4.41. The number of para-hydroxylation sites is 1. The number of nitrogens with one attached hydrogen (secondary N) is 1. The van der Waals surface area contributed by atoms with Crippen LogP contribution in [0.25, 0.3) is 5.69 Å². The topological polar surface area (TPSA) is 60.1 Å². The summed E-state index contributed by atoms with van der Waals surface area (Å²) in [7, 11) is 0. The first-order valence-electron chi connectivity index (χ1n) is 9.76. The van der Waals surface area contributed by atoms with Crippen LogP contribution in [0.15, 0.2) is 40.9 Å². The smallest absolute Gasteiger partial charge is 0.255 e. The van der Waals surface area contributed by atoms with Gasteiger partial charge < -0.3 is 9.73 Å². The third-order valence-electron chi connectivity index (χ3n) is 5.61. The number of hydrogen-bond acceptors (Lipinski definition) is 3. The van der Waals surface area contributed by atoms with Crippen LogP contribution in [0.2, 0.25) is 0 Å². The van der Waals surface area contributed by atoms with Gasteiger partial charge in [-0.3, -0.25) is 4.79 Å². The lowest BCUT2D eigenvalue weighted by Crippen LogP contribution is -2.36. The van der Waals surface area contributed by atoms with E-state index in [0.29, 0.717) is 11.3 Å². The maximum absolute atomic E-state index is 12.9. The molecule has 146 valence electrons. The number of aromatic nitrogens is 2. The molecule has 2 heterocycles. The Morgan fingerprint density at radius 2 is 2.00 bits per heavy atom. The minimum absolute atomic E-state index is 0.0623. The monoisotopic (exact) mass is 377 g/mol. The van der Waals surface area contributed by atoms with Gasteiger partial charge in [0.15, 0.2) is 0 Å². The maximum Gasteiger partial charge on any atom is 0.255 e. The molecule has 1 atom stereocenters. The Morgan fingerprint density at radius 3 is 2.68 bits per heavy atom. The zero-order chi connectivity index (χ0) is 20.1. The van der Waals surface area contributed by atoms with Gasteiger partial charge in [0, 0.05) is 5.56 Å². The number of amides is 1. The summed E-state index contributed by atoms with van der Waals surface area (Å²) in [5.74, 6) is 1.31. The molecule has 0 spiro atoms. The number of furan rings is 1. The molecule has 1 amide bonds. The average molecular weight is 377 g/mol. The lowest BCUT2D eigenvalue weighted by molar-refractivity contribution is 0.0917. The molecule has 5 nitrogen and oxygen atoms in total. The highest BCUT2D eigenvalue weighted by Gasteiger charge is 2.36. The molecule has 2 aromatic heterocycles. The molecular formula is C23H27N3O2. The summed E-state index contributed by atoms with van der Waals surface area (Å²) in [6.45, 7) is 10.3. The average Bonchev–Trinajstić information content (AvgIpc) is 3.17. The van der Waals surface area contributed by atoms with E-state index in [1.807, 2.05) is 36.9 Å². The van der Waals surface area contributed by atoms with Gasteiger partial charge in [0.05, 0.1) is 29.2 Å². The molecule has 0 aliphatic heterocycles. The molecular weight excluding hydrogens is 350 g/mol. The van der Waals surface area contributed by atoms with E-state index in [-0.39, 0.29) is 17.4 Å². The second-order valence-electron chi connectivity index (χ2n) is 8.64. The second kappa shape index (κ2) is 6.66. The predicted molar refractivity (Wildman–Crippen MR) is 109 cm³/mol. The molecule has 0 saturated carbocycles. The molecule has 5 heteroatoms. The van der Waals surface area contributed by atoms with Crippen LogP contribution in [0.1, 0.15) is 65.0 Å². The predicted octanol–water partition coefficient (Wildman–Crippen LogP) is 4.83. The van der Waals surface area contributed by atoms with E-state index in [1.54, 1.807) is 6.07 Å². The van der Waals surface area contributed by atoms with Crippen molar-refractivity contribution in [3.63, 3.8) is 0 Å². The summed E-state index contributed by atoms with van der Waals surface area (Å²) >= 11 is 0. The number of fused-ring (bicyclic) bond motifs is 1.